The number of nitrogen functional groups attached to an aromatic ring is 1. The molecule has 0 saturated heterocycles. The van der Waals surface area contributed by atoms with Crippen LogP contribution in [0.3, 0.4) is 0 Å². The van der Waals surface area contributed by atoms with E-state index in [-0.39, 0.29) is 0 Å². The summed E-state index contributed by atoms with van der Waals surface area (Å²) in [6.07, 6.45) is 7.42. The van der Waals surface area contributed by atoms with Gasteiger partial charge in [0.05, 0.1) is 5.69 Å². The number of nitrogens with zero attached hydrogens (tertiary/aromatic N) is 2. The number of hydrogen-bond donors (Lipinski definition) is 1. The first kappa shape index (κ1) is 10.1. The zero-order chi connectivity index (χ0) is 10.9. The molecule has 0 bridgehead atoms. The Kier molecular flexibility index (Phi) is 2.47. The van der Waals surface area contributed by atoms with E-state index in [2.05, 4.69) is 29.9 Å². The van der Waals surface area contributed by atoms with Crippen molar-refractivity contribution in [2.45, 2.75) is 33.1 Å². The van der Waals surface area contributed by atoms with Gasteiger partial charge >= 0.3 is 0 Å². The van der Waals surface area contributed by atoms with Crippen molar-refractivity contribution < 1.29 is 0 Å². The van der Waals surface area contributed by atoms with Crippen LogP contribution >= 0.6 is 0 Å². The lowest BCUT2D eigenvalue weighted by Crippen LogP contribution is -2.14. The highest BCUT2D eigenvalue weighted by atomic mass is 15.0. The van der Waals surface area contributed by atoms with Crippen molar-refractivity contribution >= 4 is 11.5 Å². The van der Waals surface area contributed by atoms with E-state index >= 15 is 0 Å². The molecule has 1 aromatic heterocycles. The molecule has 3 heteroatoms. The highest BCUT2D eigenvalue weighted by molar-refractivity contribution is 5.63. The predicted octanol–water partition coefficient (Wildman–Crippen LogP) is 2.65. The van der Waals surface area contributed by atoms with Gasteiger partial charge in [-0.05, 0) is 36.3 Å². The molecule has 0 amide bonds. The lowest BCUT2D eigenvalue weighted by molar-refractivity contribution is 0.334. The Morgan fingerprint density at radius 1 is 1.40 bits per heavy atom. The number of rotatable bonds is 1. The zero-order valence-corrected chi connectivity index (χ0v) is 9.33. The molecule has 3 nitrogen and oxygen atoms in total. The van der Waals surface area contributed by atoms with Crippen LogP contribution in [0.2, 0.25) is 0 Å². The van der Waals surface area contributed by atoms with Gasteiger partial charge in [0.25, 0.3) is 0 Å². The van der Waals surface area contributed by atoms with Gasteiger partial charge in [-0.1, -0.05) is 19.9 Å². The maximum absolute atomic E-state index is 5.57. The molecule has 1 aromatic rings. The summed E-state index contributed by atoms with van der Waals surface area (Å²) >= 11 is 0. The summed E-state index contributed by atoms with van der Waals surface area (Å²) in [5.41, 5.74) is 8.29. The number of hydrogen-bond acceptors (Lipinski definition) is 3. The second kappa shape index (κ2) is 3.65. The van der Waals surface area contributed by atoms with E-state index in [9.17, 15) is 0 Å². The van der Waals surface area contributed by atoms with Gasteiger partial charge in [-0.25, -0.2) is 9.97 Å². The largest absolute Gasteiger partial charge is 0.368 e. The van der Waals surface area contributed by atoms with Gasteiger partial charge in [-0.3, -0.25) is 0 Å². The van der Waals surface area contributed by atoms with Crippen molar-refractivity contribution in [1.29, 1.82) is 0 Å². The first-order valence-electron chi connectivity index (χ1n) is 5.35. The Hall–Kier alpha value is -1.38. The van der Waals surface area contributed by atoms with Gasteiger partial charge < -0.3 is 5.73 Å². The van der Waals surface area contributed by atoms with Crippen LogP contribution in [0.25, 0.3) is 5.57 Å². The molecule has 1 aliphatic carbocycles. The fourth-order valence-corrected chi connectivity index (χ4v) is 1.86. The minimum atomic E-state index is 0.359. The molecular formula is C12H17N3. The minimum Gasteiger partial charge on any atom is -0.368 e. The molecule has 0 aromatic carbocycles. The SMILES string of the molecule is CC1(C)CC=C(c2ccnc(N)n2)CC1. The third-order valence-corrected chi connectivity index (χ3v) is 2.98. The van der Waals surface area contributed by atoms with E-state index < -0.39 is 0 Å². The fraction of sp³-hybridized carbons (Fsp3) is 0.500. The van der Waals surface area contributed by atoms with E-state index in [4.69, 9.17) is 5.73 Å². The van der Waals surface area contributed by atoms with Crippen molar-refractivity contribution in [3.8, 4) is 0 Å². The van der Waals surface area contributed by atoms with E-state index in [0.29, 0.717) is 11.4 Å². The summed E-state index contributed by atoms with van der Waals surface area (Å²) in [6, 6.07) is 1.93. The average Bonchev–Trinajstić information content (AvgIpc) is 2.17. The van der Waals surface area contributed by atoms with Crippen LogP contribution in [0.5, 0.6) is 0 Å². The molecule has 1 heterocycles. The number of nitrogens with two attached hydrogens (primary N) is 1. The van der Waals surface area contributed by atoms with E-state index in [1.54, 1.807) is 6.20 Å². The van der Waals surface area contributed by atoms with Gasteiger partial charge in [0.2, 0.25) is 5.95 Å². The normalized spacial score (nSPS) is 19.7. The smallest absolute Gasteiger partial charge is 0.220 e. The van der Waals surface area contributed by atoms with Gasteiger partial charge in [-0.15, -0.1) is 0 Å². The van der Waals surface area contributed by atoms with Crippen LogP contribution in [0.1, 0.15) is 38.8 Å². The van der Waals surface area contributed by atoms with Crippen LogP contribution < -0.4 is 5.73 Å². The van der Waals surface area contributed by atoms with Crippen molar-refractivity contribution in [3.63, 3.8) is 0 Å². The van der Waals surface area contributed by atoms with Gasteiger partial charge in [0.15, 0.2) is 0 Å². The Balaban J connectivity index is 2.23. The predicted molar refractivity (Wildman–Crippen MR) is 62.1 cm³/mol. The number of aromatic nitrogens is 2. The van der Waals surface area contributed by atoms with E-state index in [0.717, 1.165) is 18.5 Å². The average molecular weight is 203 g/mol. The summed E-state index contributed by atoms with van der Waals surface area (Å²) in [4.78, 5) is 8.15. The zero-order valence-electron chi connectivity index (χ0n) is 9.33. The molecule has 2 N–H and O–H groups in total. The molecule has 80 valence electrons. The van der Waals surface area contributed by atoms with Crippen LogP contribution in [0.15, 0.2) is 18.3 Å². The molecule has 0 saturated carbocycles. The molecular weight excluding hydrogens is 186 g/mol. The monoisotopic (exact) mass is 203 g/mol. The molecule has 2 rings (SSSR count). The highest BCUT2D eigenvalue weighted by Gasteiger charge is 2.22. The molecule has 15 heavy (non-hydrogen) atoms. The van der Waals surface area contributed by atoms with Crippen molar-refractivity contribution in [2.24, 2.45) is 5.41 Å². The Bertz CT molecular complexity index is 394. The van der Waals surface area contributed by atoms with Gasteiger partial charge in [0.1, 0.15) is 0 Å². The summed E-state index contributed by atoms with van der Waals surface area (Å²) in [6.45, 7) is 4.60. The highest BCUT2D eigenvalue weighted by Crippen LogP contribution is 2.37. The first-order chi connectivity index (χ1) is 7.07. The standard InChI is InChI=1S/C12H17N3/c1-12(2)6-3-9(4-7-12)10-5-8-14-11(13)15-10/h3,5,8H,4,6-7H2,1-2H3,(H2,13,14,15). The second-order valence-corrected chi connectivity index (χ2v) is 4.90. The van der Waals surface area contributed by atoms with Crippen LogP contribution in [-0.4, -0.2) is 9.97 Å². The summed E-state index contributed by atoms with van der Waals surface area (Å²) < 4.78 is 0. The molecule has 0 spiro atoms. The van der Waals surface area contributed by atoms with E-state index in [1.165, 1.54) is 12.0 Å². The van der Waals surface area contributed by atoms with Crippen LogP contribution in [0, 0.1) is 5.41 Å². The van der Waals surface area contributed by atoms with E-state index in [1.807, 2.05) is 6.07 Å². The Morgan fingerprint density at radius 3 is 2.80 bits per heavy atom. The second-order valence-electron chi connectivity index (χ2n) is 4.90. The Labute approximate surface area is 90.4 Å². The molecule has 0 radical (unpaired) electrons. The lowest BCUT2D eigenvalue weighted by atomic mass is 9.78. The maximum atomic E-state index is 5.57. The number of anilines is 1. The lowest BCUT2D eigenvalue weighted by Gasteiger charge is -2.28. The fourth-order valence-electron chi connectivity index (χ4n) is 1.86. The topological polar surface area (TPSA) is 51.8 Å². The molecule has 0 aliphatic heterocycles. The minimum absolute atomic E-state index is 0.359. The summed E-state index contributed by atoms with van der Waals surface area (Å²) in [5.74, 6) is 0.359. The van der Waals surface area contributed by atoms with Crippen molar-refractivity contribution in [3.05, 3.63) is 24.0 Å². The molecule has 0 atom stereocenters. The Morgan fingerprint density at radius 2 is 2.20 bits per heavy atom. The van der Waals surface area contributed by atoms with Gasteiger partial charge in [0, 0.05) is 6.20 Å². The molecule has 1 aliphatic rings. The van der Waals surface area contributed by atoms with Crippen molar-refractivity contribution in [1.82, 2.24) is 9.97 Å². The number of allylic oxidation sites excluding steroid dienone is 2. The quantitative estimate of drug-likeness (QED) is 0.763. The summed E-state index contributed by atoms with van der Waals surface area (Å²) in [7, 11) is 0. The molecule has 0 unspecified atom stereocenters. The third-order valence-electron chi connectivity index (χ3n) is 2.98. The van der Waals surface area contributed by atoms with Crippen molar-refractivity contribution in [2.75, 3.05) is 5.73 Å². The third kappa shape index (κ3) is 2.35. The summed E-state index contributed by atoms with van der Waals surface area (Å²) in [5, 5.41) is 0. The first-order valence-corrected chi connectivity index (χ1v) is 5.35. The maximum Gasteiger partial charge on any atom is 0.220 e. The van der Waals surface area contributed by atoms with Gasteiger partial charge in [-0.2, -0.15) is 0 Å². The van der Waals surface area contributed by atoms with Crippen LogP contribution in [-0.2, 0) is 0 Å². The molecule has 0 fully saturated rings. The van der Waals surface area contributed by atoms with Crippen LogP contribution in [0.4, 0.5) is 5.95 Å².